The van der Waals surface area contributed by atoms with Crippen molar-refractivity contribution in [3.05, 3.63) is 11.9 Å². The molecule has 0 atom stereocenters. The zero-order valence-electron chi connectivity index (χ0n) is 9.77. The number of hydrogen-bond donors (Lipinski definition) is 3. The summed E-state index contributed by atoms with van der Waals surface area (Å²) in [5.74, 6) is -0.871. The molecule has 94 valence electrons. The minimum Gasteiger partial charge on any atom is -0.396 e. The fourth-order valence-corrected chi connectivity index (χ4v) is 1.32. The summed E-state index contributed by atoms with van der Waals surface area (Å²) in [6.45, 7) is 2.70. The summed E-state index contributed by atoms with van der Waals surface area (Å²) in [5.41, 5.74) is 10.8. The number of nitrogens with one attached hydrogen (secondary N) is 1. The topological polar surface area (TPSA) is 116 Å². The second-order valence-electron chi connectivity index (χ2n) is 3.70. The van der Waals surface area contributed by atoms with Gasteiger partial charge in [-0.1, -0.05) is 13.3 Å². The Kier molecular flexibility index (Phi) is 4.50. The molecule has 0 aromatic carbocycles. The molecule has 0 saturated carbocycles. The summed E-state index contributed by atoms with van der Waals surface area (Å²) in [5, 5.41) is 6.57. The van der Waals surface area contributed by atoms with Gasteiger partial charge in [0, 0.05) is 12.7 Å². The lowest BCUT2D eigenvalue weighted by molar-refractivity contribution is -0.121. The average Bonchev–Trinajstić information content (AvgIpc) is 2.60. The zero-order chi connectivity index (χ0) is 12.8. The van der Waals surface area contributed by atoms with Crippen LogP contribution in [0.4, 0.5) is 5.69 Å². The lowest BCUT2D eigenvalue weighted by Crippen LogP contribution is -2.28. The predicted molar refractivity (Wildman–Crippen MR) is 63.1 cm³/mol. The van der Waals surface area contributed by atoms with Crippen molar-refractivity contribution in [2.45, 2.75) is 26.3 Å². The van der Waals surface area contributed by atoms with E-state index in [-0.39, 0.29) is 23.8 Å². The quantitative estimate of drug-likeness (QED) is 0.579. The molecule has 17 heavy (non-hydrogen) atoms. The van der Waals surface area contributed by atoms with Crippen LogP contribution in [-0.4, -0.2) is 28.1 Å². The third kappa shape index (κ3) is 3.78. The molecule has 0 fully saturated rings. The molecule has 7 nitrogen and oxygen atoms in total. The molecule has 0 spiro atoms. The highest BCUT2D eigenvalue weighted by Crippen LogP contribution is 2.07. The van der Waals surface area contributed by atoms with Gasteiger partial charge in [0.2, 0.25) is 5.91 Å². The Labute approximate surface area is 99.1 Å². The SMILES string of the molecule is CCCCNC(=O)Cn1cc(N)c(C(N)=O)n1. The van der Waals surface area contributed by atoms with Gasteiger partial charge in [0.05, 0.1) is 5.69 Å². The Bertz CT molecular complexity index is 413. The van der Waals surface area contributed by atoms with Crippen LogP contribution in [0.5, 0.6) is 0 Å². The van der Waals surface area contributed by atoms with E-state index in [4.69, 9.17) is 11.5 Å². The molecule has 0 unspecified atom stereocenters. The van der Waals surface area contributed by atoms with Gasteiger partial charge in [-0.3, -0.25) is 14.3 Å². The van der Waals surface area contributed by atoms with Gasteiger partial charge in [-0.2, -0.15) is 5.10 Å². The van der Waals surface area contributed by atoms with Crippen molar-refractivity contribution in [3.63, 3.8) is 0 Å². The fraction of sp³-hybridized carbons (Fsp3) is 0.500. The van der Waals surface area contributed by atoms with Crippen LogP contribution in [0.15, 0.2) is 6.20 Å². The molecule has 1 aromatic rings. The number of aromatic nitrogens is 2. The summed E-state index contributed by atoms with van der Waals surface area (Å²) >= 11 is 0. The van der Waals surface area contributed by atoms with Gasteiger partial charge in [-0.25, -0.2) is 0 Å². The van der Waals surface area contributed by atoms with Gasteiger partial charge in [-0.15, -0.1) is 0 Å². The molecule has 0 aliphatic rings. The number of carbonyl (C=O) groups excluding carboxylic acids is 2. The van der Waals surface area contributed by atoms with E-state index < -0.39 is 5.91 Å². The Hall–Kier alpha value is -2.05. The molecule has 0 saturated heterocycles. The molecule has 2 amide bonds. The molecule has 0 aliphatic carbocycles. The number of primary amides is 1. The van der Waals surface area contributed by atoms with E-state index in [9.17, 15) is 9.59 Å². The molecule has 0 aliphatic heterocycles. The first kappa shape index (κ1) is 13.0. The van der Waals surface area contributed by atoms with Crippen LogP contribution in [0, 0.1) is 0 Å². The third-order valence-corrected chi connectivity index (χ3v) is 2.18. The minimum atomic E-state index is -0.701. The summed E-state index contributed by atoms with van der Waals surface area (Å²) in [6.07, 6.45) is 3.36. The number of unbranched alkanes of at least 4 members (excludes halogenated alkanes) is 1. The molecule has 5 N–H and O–H groups in total. The van der Waals surface area contributed by atoms with Crippen molar-refractivity contribution in [1.82, 2.24) is 15.1 Å². The number of hydrogen-bond acceptors (Lipinski definition) is 4. The van der Waals surface area contributed by atoms with E-state index in [0.29, 0.717) is 6.54 Å². The van der Waals surface area contributed by atoms with Gasteiger partial charge in [0.25, 0.3) is 5.91 Å². The van der Waals surface area contributed by atoms with Crippen LogP contribution in [0.1, 0.15) is 30.3 Å². The van der Waals surface area contributed by atoms with Crippen molar-refractivity contribution < 1.29 is 9.59 Å². The lowest BCUT2D eigenvalue weighted by Gasteiger charge is -2.03. The molecule has 1 heterocycles. The smallest absolute Gasteiger partial charge is 0.271 e. The second-order valence-corrected chi connectivity index (χ2v) is 3.70. The van der Waals surface area contributed by atoms with Crippen LogP contribution >= 0.6 is 0 Å². The molecule has 0 bridgehead atoms. The number of nitrogens with two attached hydrogens (primary N) is 2. The van der Waals surface area contributed by atoms with Gasteiger partial charge in [0.1, 0.15) is 6.54 Å². The molecular formula is C10H17N5O2. The molecular weight excluding hydrogens is 222 g/mol. The predicted octanol–water partition coefficient (Wildman–Crippen LogP) is -0.519. The van der Waals surface area contributed by atoms with Crippen molar-refractivity contribution >= 4 is 17.5 Å². The minimum absolute atomic E-state index is 0.00800. The maximum absolute atomic E-state index is 11.4. The van der Waals surface area contributed by atoms with E-state index in [1.54, 1.807) is 0 Å². The average molecular weight is 239 g/mol. The summed E-state index contributed by atoms with van der Waals surface area (Å²) in [7, 11) is 0. The van der Waals surface area contributed by atoms with E-state index in [2.05, 4.69) is 10.4 Å². The standard InChI is InChI=1S/C10H17N5O2/c1-2-3-4-13-8(16)6-15-5-7(11)9(14-15)10(12)17/h5H,2-4,6,11H2,1H3,(H2,12,17)(H,13,16). The number of nitrogen functional groups attached to an aromatic ring is 1. The number of rotatable bonds is 6. The van der Waals surface area contributed by atoms with Gasteiger partial charge in [-0.05, 0) is 6.42 Å². The third-order valence-electron chi connectivity index (χ3n) is 2.18. The van der Waals surface area contributed by atoms with E-state index >= 15 is 0 Å². The number of nitrogens with zero attached hydrogens (tertiary/aromatic N) is 2. The molecule has 1 rings (SSSR count). The zero-order valence-corrected chi connectivity index (χ0v) is 9.77. The maximum atomic E-state index is 11.4. The summed E-state index contributed by atoms with van der Waals surface area (Å²) < 4.78 is 1.30. The second kappa shape index (κ2) is 5.88. The largest absolute Gasteiger partial charge is 0.396 e. The fourth-order valence-electron chi connectivity index (χ4n) is 1.32. The van der Waals surface area contributed by atoms with Crippen molar-refractivity contribution in [2.24, 2.45) is 5.73 Å². The highest BCUT2D eigenvalue weighted by Gasteiger charge is 2.12. The van der Waals surface area contributed by atoms with E-state index in [1.807, 2.05) is 6.92 Å². The van der Waals surface area contributed by atoms with Crippen LogP contribution in [-0.2, 0) is 11.3 Å². The van der Waals surface area contributed by atoms with Crippen LogP contribution < -0.4 is 16.8 Å². The van der Waals surface area contributed by atoms with Crippen molar-refractivity contribution in [2.75, 3.05) is 12.3 Å². The van der Waals surface area contributed by atoms with E-state index in [0.717, 1.165) is 12.8 Å². The Morgan fingerprint density at radius 2 is 2.24 bits per heavy atom. The van der Waals surface area contributed by atoms with Crippen molar-refractivity contribution in [1.29, 1.82) is 0 Å². The van der Waals surface area contributed by atoms with Gasteiger partial charge < -0.3 is 16.8 Å². The Morgan fingerprint density at radius 3 is 2.76 bits per heavy atom. The first-order chi connectivity index (χ1) is 8.04. The monoisotopic (exact) mass is 239 g/mol. The summed E-state index contributed by atoms with van der Waals surface area (Å²) in [4.78, 5) is 22.3. The Morgan fingerprint density at radius 1 is 1.53 bits per heavy atom. The van der Waals surface area contributed by atoms with E-state index in [1.165, 1.54) is 10.9 Å². The van der Waals surface area contributed by atoms with Crippen LogP contribution in [0.3, 0.4) is 0 Å². The number of carbonyl (C=O) groups is 2. The van der Waals surface area contributed by atoms with Gasteiger partial charge >= 0.3 is 0 Å². The lowest BCUT2D eigenvalue weighted by atomic mass is 10.3. The number of amides is 2. The first-order valence-corrected chi connectivity index (χ1v) is 5.44. The highest BCUT2D eigenvalue weighted by molar-refractivity contribution is 5.95. The first-order valence-electron chi connectivity index (χ1n) is 5.44. The van der Waals surface area contributed by atoms with Crippen LogP contribution in [0.25, 0.3) is 0 Å². The maximum Gasteiger partial charge on any atom is 0.271 e. The van der Waals surface area contributed by atoms with Gasteiger partial charge in [0.15, 0.2) is 5.69 Å². The van der Waals surface area contributed by atoms with Crippen LogP contribution in [0.2, 0.25) is 0 Å². The molecule has 1 aromatic heterocycles. The molecule has 7 heteroatoms. The number of anilines is 1. The summed E-state index contributed by atoms with van der Waals surface area (Å²) in [6, 6.07) is 0. The highest BCUT2D eigenvalue weighted by atomic mass is 16.2. The Balaban J connectivity index is 2.54. The molecule has 0 radical (unpaired) electrons. The normalized spacial score (nSPS) is 10.2. The van der Waals surface area contributed by atoms with Crippen molar-refractivity contribution in [3.8, 4) is 0 Å².